The van der Waals surface area contributed by atoms with Gasteiger partial charge in [0.05, 0.1) is 5.71 Å². The molecule has 1 aliphatic carbocycles. The summed E-state index contributed by atoms with van der Waals surface area (Å²) in [5.74, 6) is -0.918. The molecule has 0 radical (unpaired) electrons. The molecule has 1 saturated carbocycles. The first-order valence-corrected chi connectivity index (χ1v) is 15.7. The third kappa shape index (κ3) is 8.12. The summed E-state index contributed by atoms with van der Waals surface area (Å²) in [6.45, 7) is 9.31. The Bertz CT molecular complexity index is 1200. The Balaban J connectivity index is 1.54. The van der Waals surface area contributed by atoms with Gasteiger partial charge in [0.15, 0.2) is 5.78 Å². The monoisotopic (exact) mass is 580 g/mol. The van der Waals surface area contributed by atoms with Crippen molar-refractivity contribution in [3.8, 4) is 0 Å². The molecule has 2 N–H and O–H groups in total. The maximum absolute atomic E-state index is 14.5. The van der Waals surface area contributed by atoms with E-state index in [0.717, 1.165) is 61.9 Å². The third-order valence-electron chi connectivity index (χ3n) is 9.39. The van der Waals surface area contributed by atoms with Crippen molar-refractivity contribution in [2.75, 3.05) is 32.7 Å². The minimum Gasteiger partial charge on any atom is -0.313 e. The van der Waals surface area contributed by atoms with E-state index in [4.69, 9.17) is 22.4 Å². The highest BCUT2D eigenvalue weighted by Gasteiger charge is 2.37. The van der Waals surface area contributed by atoms with Crippen LogP contribution in [0.4, 0.5) is 4.39 Å². The molecule has 2 aliphatic rings. The van der Waals surface area contributed by atoms with Gasteiger partial charge in [-0.25, -0.2) is 4.39 Å². The lowest BCUT2D eigenvalue weighted by Gasteiger charge is -2.42. The molecule has 1 aliphatic heterocycles. The Kier molecular flexibility index (Phi) is 11.3. The smallest absolute Gasteiger partial charge is 0.180 e. The lowest BCUT2D eigenvalue weighted by atomic mass is 9.68. The van der Waals surface area contributed by atoms with Crippen molar-refractivity contribution in [3.63, 3.8) is 0 Å². The number of carbonyl (C=O) groups is 1. The van der Waals surface area contributed by atoms with Crippen LogP contribution in [-0.2, 0) is 16.6 Å². The van der Waals surface area contributed by atoms with Gasteiger partial charge in [0, 0.05) is 61.1 Å². The summed E-state index contributed by atoms with van der Waals surface area (Å²) in [6.07, 6.45) is 10.3. The number of hydrogen-bond donors (Lipinski definition) is 2. The summed E-state index contributed by atoms with van der Waals surface area (Å²) in [4.78, 5) is 18.6. The summed E-state index contributed by atoms with van der Waals surface area (Å²) in [5.41, 5.74) is 3.11. The summed E-state index contributed by atoms with van der Waals surface area (Å²) >= 11 is 6.21. The summed E-state index contributed by atoms with van der Waals surface area (Å²) in [6, 6.07) is 11.6. The summed E-state index contributed by atoms with van der Waals surface area (Å²) in [7, 11) is 0. The normalized spacial score (nSPS) is 18.6. The van der Waals surface area contributed by atoms with E-state index in [0.29, 0.717) is 12.8 Å². The molecule has 1 atom stereocenters. The van der Waals surface area contributed by atoms with Crippen LogP contribution < -0.4 is 0 Å². The first-order valence-electron chi connectivity index (χ1n) is 15.3. The van der Waals surface area contributed by atoms with Crippen molar-refractivity contribution in [2.24, 2.45) is 0 Å². The van der Waals surface area contributed by atoms with Crippen molar-refractivity contribution in [1.82, 2.24) is 9.80 Å². The van der Waals surface area contributed by atoms with Gasteiger partial charge in [-0.15, -0.1) is 0 Å². The zero-order valence-electron chi connectivity index (χ0n) is 24.8. The summed E-state index contributed by atoms with van der Waals surface area (Å²) < 4.78 is 14.5. The van der Waals surface area contributed by atoms with Crippen LogP contribution in [0.5, 0.6) is 0 Å². The van der Waals surface area contributed by atoms with Gasteiger partial charge in [-0.1, -0.05) is 60.7 Å². The Morgan fingerprint density at radius 3 is 2.49 bits per heavy atom. The highest BCUT2D eigenvalue weighted by Crippen LogP contribution is 2.40. The predicted octanol–water partition coefficient (Wildman–Crippen LogP) is 7.33. The largest absolute Gasteiger partial charge is 0.313 e. The van der Waals surface area contributed by atoms with Crippen LogP contribution in [0.1, 0.15) is 80.0 Å². The maximum atomic E-state index is 14.5. The predicted molar refractivity (Wildman–Crippen MR) is 168 cm³/mol. The van der Waals surface area contributed by atoms with Crippen LogP contribution in [0.3, 0.4) is 0 Å². The number of ketones is 1. The zero-order valence-corrected chi connectivity index (χ0v) is 25.5. The highest BCUT2D eigenvalue weighted by atomic mass is 35.5. The first-order chi connectivity index (χ1) is 19.7. The third-order valence-corrected chi connectivity index (χ3v) is 9.74. The second-order valence-corrected chi connectivity index (χ2v) is 12.6. The van der Waals surface area contributed by atoms with Gasteiger partial charge in [-0.3, -0.25) is 9.69 Å². The molecule has 1 saturated heterocycles. The molecule has 0 amide bonds. The quantitative estimate of drug-likeness (QED) is 0.244. The van der Waals surface area contributed by atoms with Crippen LogP contribution >= 0.6 is 11.6 Å². The van der Waals surface area contributed by atoms with Gasteiger partial charge >= 0.3 is 0 Å². The van der Waals surface area contributed by atoms with E-state index in [1.807, 2.05) is 0 Å². The van der Waals surface area contributed by atoms with E-state index in [9.17, 15) is 9.18 Å². The van der Waals surface area contributed by atoms with E-state index in [-0.39, 0.29) is 29.1 Å². The number of nitrogens with zero attached hydrogens (tertiary/aromatic N) is 2. The van der Waals surface area contributed by atoms with E-state index in [1.54, 1.807) is 6.07 Å². The number of halogens is 2. The van der Waals surface area contributed by atoms with Gasteiger partial charge in [-0.2, -0.15) is 0 Å². The van der Waals surface area contributed by atoms with Crippen LogP contribution in [-0.4, -0.2) is 66.3 Å². The average molecular weight is 581 g/mol. The van der Waals surface area contributed by atoms with Crippen LogP contribution in [0.25, 0.3) is 0 Å². The van der Waals surface area contributed by atoms with Gasteiger partial charge in [0.25, 0.3) is 0 Å². The van der Waals surface area contributed by atoms with Crippen LogP contribution in [0.2, 0.25) is 5.02 Å². The summed E-state index contributed by atoms with van der Waals surface area (Å²) in [5, 5.41) is 17.0. The minimum atomic E-state index is -0.518. The second-order valence-electron chi connectivity index (χ2n) is 12.2. The zero-order chi connectivity index (χ0) is 29.4. The topological polar surface area (TPSA) is 71.2 Å². The molecular weight excluding hydrogens is 535 g/mol. The molecule has 1 heterocycles. The Labute approximate surface area is 250 Å². The van der Waals surface area contributed by atoms with Crippen molar-refractivity contribution >= 4 is 29.3 Å². The molecule has 2 fully saturated rings. The van der Waals surface area contributed by atoms with Crippen molar-refractivity contribution in [3.05, 3.63) is 69.5 Å². The molecule has 2 aromatic carbocycles. The molecule has 0 bridgehead atoms. The number of Topliss-reactive ketones (excluding diaryl/α,β-unsaturated/α-hetero) is 1. The van der Waals surface area contributed by atoms with Crippen molar-refractivity contribution in [2.45, 2.75) is 89.5 Å². The van der Waals surface area contributed by atoms with Gasteiger partial charge in [-0.05, 0) is 82.0 Å². The van der Waals surface area contributed by atoms with Gasteiger partial charge < -0.3 is 15.7 Å². The molecule has 0 aromatic heterocycles. The van der Waals surface area contributed by atoms with E-state index in [2.05, 4.69) is 41.8 Å². The number of benzene rings is 2. The van der Waals surface area contributed by atoms with Crippen molar-refractivity contribution < 1.29 is 9.18 Å². The fraction of sp³-hybridized carbons (Fsp3) is 0.559. The Morgan fingerprint density at radius 1 is 1.07 bits per heavy atom. The van der Waals surface area contributed by atoms with Gasteiger partial charge in [0.2, 0.25) is 0 Å². The number of rotatable bonds is 13. The number of aryl methyl sites for hydroxylation is 2. The number of nitrogens with one attached hydrogen (secondary N) is 2. The lowest BCUT2D eigenvalue weighted by Crippen LogP contribution is -2.51. The van der Waals surface area contributed by atoms with Crippen LogP contribution in [0, 0.1) is 30.5 Å². The maximum Gasteiger partial charge on any atom is 0.180 e. The SMILES string of the molecule is Cc1ccc(C)c([C@@](CCC=N)(CCN2CCN(C3CCCCC3)CC2)CC(=N)C(=O)Cc2c(F)cccc2Cl)c1. The molecule has 2 aromatic rings. The molecule has 222 valence electrons. The molecule has 0 unspecified atom stereocenters. The molecule has 4 rings (SSSR count). The molecule has 41 heavy (non-hydrogen) atoms. The van der Waals surface area contributed by atoms with Crippen LogP contribution in [0.15, 0.2) is 36.4 Å². The number of piperazine rings is 1. The fourth-order valence-electron chi connectivity index (χ4n) is 6.90. The fourth-order valence-corrected chi connectivity index (χ4v) is 7.13. The average Bonchev–Trinajstić information content (AvgIpc) is 2.98. The Morgan fingerprint density at radius 2 is 1.80 bits per heavy atom. The molecule has 7 heteroatoms. The van der Waals surface area contributed by atoms with E-state index >= 15 is 0 Å². The molecular formula is C34H46ClFN4O. The minimum absolute atomic E-state index is 0.00248. The highest BCUT2D eigenvalue weighted by molar-refractivity contribution is 6.40. The van der Waals surface area contributed by atoms with E-state index < -0.39 is 17.0 Å². The van der Waals surface area contributed by atoms with E-state index in [1.165, 1.54) is 50.5 Å². The lowest BCUT2D eigenvalue weighted by molar-refractivity contribution is -0.112. The standard InChI is InChI=1S/C34H46ClFN4O/c1-25-12-13-26(2)29(22-25)34(14-7-16-37,24-32(38)33(41)23-28-30(35)10-6-11-31(28)36)15-17-39-18-20-40(21-19-39)27-8-4-3-5-9-27/h6,10-13,16,22,27,37-38H,3-5,7-9,14-15,17-21,23-24H2,1-2H3/t34-/m0/s1. The van der Waals surface area contributed by atoms with Crippen molar-refractivity contribution in [1.29, 1.82) is 10.8 Å². The molecule has 5 nitrogen and oxygen atoms in total. The van der Waals surface area contributed by atoms with Gasteiger partial charge in [0.1, 0.15) is 5.82 Å². The first kappa shape index (κ1) is 31.5. The Hall–Kier alpha value is -2.41. The molecule has 0 spiro atoms. The number of carbonyl (C=O) groups excluding carboxylic acids is 1. The second kappa shape index (κ2) is 14.7. The number of hydrogen-bond acceptors (Lipinski definition) is 5.